The molecule has 0 saturated carbocycles. The van der Waals surface area contributed by atoms with E-state index in [4.69, 9.17) is 13.9 Å². The Morgan fingerprint density at radius 3 is 1.89 bits per heavy atom. The van der Waals surface area contributed by atoms with Crippen molar-refractivity contribution in [3.63, 3.8) is 0 Å². The molecule has 0 N–H and O–H groups in total. The standard InChI is InChI=1S/C14H22O4Si/c1-7-11(15)10-8-12(16-2)14(13(9-10)17-3)18-19(4,5)6/h8-9H,7H2,1-6H3. The topological polar surface area (TPSA) is 44.8 Å². The predicted molar refractivity (Wildman–Crippen MR) is 78.1 cm³/mol. The summed E-state index contributed by atoms with van der Waals surface area (Å²) in [6.07, 6.45) is 0.445. The van der Waals surface area contributed by atoms with Crippen LogP contribution in [0.25, 0.3) is 0 Å². The number of methoxy groups -OCH3 is 2. The lowest BCUT2D eigenvalue weighted by Crippen LogP contribution is -2.29. The molecular formula is C14H22O4Si. The van der Waals surface area contributed by atoms with E-state index in [9.17, 15) is 4.79 Å². The van der Waals surface area contributed by atoms with Gasteiger partial charge in [0.1, 0.15) is 0 Å². The van der Waals surface area contributed by atoms with Crippen molar-refractivity contribution in [3.05, 3.63) is 17.7 Å². The molecule has 0 heterocycles. The number of Topliss-reactive ketones (excluding diaryl/α,β-unsaturated/α-hetero) is 1. The third-order valence-corrected chi connectivity index (χ3v) is 3.33. The maximum absolute atomic E-state index is 11.8. The molecule has 1 aromatic rings. The Morgan fingerprint density at radius 1 is 1.11 bits per heavy atom. The first kappa shape index (κ1) is 15.6. The molecule has 0 aliphatic rings. The molecule has 0 amide bonds. The molecule has 0 unspecified atom stereocenters. The Labute approximate surface area is 115 Å². The molecule has 0 aromatic heterocycles. The minimum Gasteiger partial charge on any atom is -0.539 e. The van der Waals surface area contributed by atoms with Crippen LogP contribution in [0.2, 0.25) is 19.6 Å². The molecular weight excluding hydrogens is 260 g/mol. The van der Waals surface area contributed by atoms with Crippen molar-refractivity contribution in [2.45, 2.75) is 33.0 Å². The largest absolute Gasteiger partial charge is 0.539 e. The van der Waals surface area contributed by atoms with Gasteiger partial charge in [-0.2, -0.15) is 0 Å². The van der Waals surface area contributed by atoms with Gasteiger partial charge >= 0.3 is 0 Å². The van der Waals surface area contributed by atoms with E-state index in [0.717, 1.165) is 0 Å². The molecule has 1 aromatic carbocycles. The molecule has 0 radical (unpaired) electrons. The molecule has 19 heavy (non-hydrogen) atoms. The van der Waals surface area contributed by atoms with Crippen LogP contribution in [0.5, 0.6) is 17.2 Å². The van der Waals surface area contributed by atoms with E-state index >= 15 is 0 Å². The van der Waals surface area contributed by atoms with Crippen LogP contribution in [-0.4, -0.2) is 28.3 Å². The first-order chi connectivity index (χ1) is 8.82. The number of hydrogen-bond acceptors (Lipinski definition) is 4. The smallest absolute Gasteiger partial charge is 0.242 e. The van der Waals surface area contributed by atoms with Crippen LogP contribution in [0, 0.1) is 0 Å². The summed E-state index contributed by atoms with van der Waals surface area (Å²) in [7, 11) is 1.33. The zero-order valence-electron chi connectivity index (χ0n) is 12.5. The second-order valence-electron chi connectivity index (χ2n) is 5.20. The van der Waals surface area contributed by atoms with Gasteiger partial charge in [-0.3, -0.25) is 4.79 Å². The van der Waals surface area contributed by atoms with Crippen molar-refractivity contribution in [1.29, 1.82) is 0 Å². The minimum atomic E-state index is -1.79. The molecule has 0 spiro atoms. The van der Waals surface area contributed by atoms with E-state index in [1.54, 1.807) is 26.4 Å². The number of ether oxygens (including phenoxy) is 2. The van der Waals surface area contributed by atoms with Crippen molar-refractivity contribution in [2.24, 2.45) is 0 Å². The molecule has 1 rings (SSSR count). The van der Waals surface area contributed by atoms with Gasteiger partial charge in [0.15, 0.2) is 23.0 Å². The summed E-state index contributed by atoms with van der Waals surface area (Å²) >= 11 is 0. The van der Waals surface area contributed by atoms with Crippen LogP contribution in [0.3, 0.4) is 0 Å². The third-order valence-electron chi connectivity index (χ3n) is 2.51. The van der Waals surface area contributed by atoms with Crippen LogP contribution in [0.1, 0.15) is 23.7 Å². The maximum Gasteiger partial charge on any atom is 0.242 e. The zero-order valence-corrected chi connectivity index (χ0v) is 13.5. The van der Waals surface area contributed by atoms with Gasteiger partial charge in [-0.05, 0) is 31.8 Å². The number of carbonyl (C=O) groups excluding carboxylic acids is 1. The fourth-order valence-corrected chi connectivity index (χ4v) is 2.47. The normalized spacial score (nSPS) is 11.1. The molecule has 0 atom stereocenters. The molecule has 0 aliphatic heterocycles. The second kappa shape index (κ2) is 6.10. The predicted octanol–water partition coefficient (Wildman–Crippen LogP) is 3.51. The summed E-state index contributed by atoms with van der Waals surface area (Å²) in [6.45, 7) is 8.07. The van der Waals surface area contributed by atoms with Crippen molar-refractivity contribution >= 4 is 14.1 Å². The highest BCUT2D eigenvalue weighted by atomic mass is 28.4. The van der Waals surface area contributed by atoms with E-state index in [1.165, 1.54) is 0 Å². The number of carbonyl (C=O) groups is 1. The average molecular weight is 282 g/mol. The van der Waals surface area contributed by atoms with Gasteiger partial charge in [-0.25, -0.2) is 0 Å². The van der Waals surface area contributed by atoms with Crippen LogP contribution >= 0.6 is 0 Å². The van der Waals surface area contributed by atoms with Gasteiger partial charge in [0.25, 0.3) is 0 Å². The minimum absolute atomic E-state index is 0.0520. The second-order valence-corrected chi connectivity index (χ2v) is 9.63. The first-order valence-corrected chi connectivity index (χ1v) is 9.71. The highest BCUT2D eigenvalue weighted by molar-refractivity contribution is 6.70. The molecule has 0 saturated heterocycles. The summed E-state index contributed by atoms with van der Waals surface area (Å²) in [6, 6.07) is 3.42. The average Bonchev–Trinajstić information content (AvgIpc) is 2.36. The van der Waals surface area contributed by atoms with E-state index in [0.29, 0.717) is 29.2 Å². The van der Waals surface area contributed by atoms with Gasteiger partial charge < -0.3 is 13.9 Å². The van der Waals surface area contributed by atoms with Crippen molar-refractivity contribution in [1.82, 2.24) is 0 Å². The third kappa shape index (κ3) is 3.99. The van der Waals surface area contributed by atoms with Gasteiger partial charge in [-0.1, -0.05) is 6.92 Å². The Hall–Kier alpha value is -1.49. The SMILES string of the molecule is CCC(=O)c1cc(OC)c(O[Si](C)(C)C)c(OC)c1. The highest BCUT2D eigenvalue weighted by Gasteiger charge is 2.23. The Morgan fingerprint density at radius 2 is 1.58 bits per heavy atom. The van der Waals surface area contributed by atoms with Gasteiger partial charge in [0.2, 0.25) is 8.32 Å². The molecule has 0 fully saturated rings. The monoisotopic (exact) mass is 282 g/mol. The lowest BCUT2D eigenvalue weighted by atomic mass is 10.1. The highest BCUT2D eigenvalue weighted by Crippen LogP contribution is 2.40. The summed E-state index contributed by atoms with van der Waals surface area (Å²) in [4.78, 5) is 11.8. The summed E-state index contributed by atoms with van der Waals surface area (Å²) < 4.78 is 16.7. The number of ketones is 1. The van der Waals surface area contributed by atoms with E-state index < -0.39 is 8.32 Å². The number of hydrogen-bond donors (Lipinski definition) is 0. The molecule has 0 aliphatic carbocycles. The van der Waals surface area contributed by atoms with Crippen LogP contribution in [-0.2, 0) is 0 Å². The fraction of sp³-hybridized carbons (Fsp3) is 0.500. The molecule has 106 valence electrons. The van der Waals surface area contributed by atoms with Crippen LogP contribution in [0.4, 0.5) is 0 Å². The van der Waals surface area contributed by atoms with Crippen LogP contribution < -0.4 is 13.9 Å². The first-order valence-electron chi connectivity index (χ1n) is 6.30. The van der Waals surface area contributed by atoms with E-state index in [1.807, 2.05) is 6.92 Å². The van der Waals surface area contributed by atoms with Crippen molar-refractivity contribution < 1.29 is 18.7 Å². The van der Waals surface area contributed by atoms with Gasteiger partial charge in [-0.15, -0.1) is 0 Å². The lowest BCUT2D eigenvalue weighted by Gasteiger charge is -2.23. The molecule has 5 heteroatoms. The zero-order chi connectivity index (χ0) is 14.6. The van der Waals surface area contributed by atoms with Crippen molar-refractivity contribution in [2.75, 3.05) is 14.2 Å². The molecule has 0 bridgehead atoms. The summed E-state index contributed by atoms with van der Waals surface area (Å²) in [5, 5.41) is 0. The van der Waals surface area contributed by atoms with E-state index in [2.05, 4.69) is 19.6 Å². The van der Waals surface area contributed by atoms with Crippen LogP contribution in [0.15, 0.2) is 12.1 Å². The summed E-state index contributed by atoms with van der Waals surface area (Å²) in [5.74, 6) is 1.71. The Balaban J connectivity index is 3.33. The van der Waals surface area contributed by atoms with Gasteiger partial charge in [0.05, 0.1) is 14.2 Å². The number of benzene rings is 1. The van der Waals surface area contributed by atoms with E-state index in [-0.39, 0.29) is 5.78 Å². The number of rotatable bonds is 6. The fourth-order valence-electron chi connectivity index (χ4n) is 1.65. The van der Waals surface area contributed by atoms with Gasteiger partial charge in [0, 0.05) is 12.0 Å². The maximum atomic E-state index is 11.8. The quantitative estimate of drug-likeness (QED) is 0.591. The lowest BCUT2D eigenvalue weighted by molar-refractivity contribution is 0.0987. The summed E-state index contributed by atoms with van der Waals surface area (Å²) in [5.41, 5.74) is 0.583. The Kier molecular flexibility index (Phi) is 5.00. The molecule has 4 nitrogen and oxygen atoms in total. The van der Waals surface area contributed by atoms with Crippen molar-refractivity contribution in [3.8, 4) is 17.2 Å². The Bertz CT molecular complexity index is 438.